The fraction of sp³-hybridized carbons (Fsp3) is 0.214. The van der Waals surface area contributed by atoms with Crippen molar-refractivity contribution >= 4 is 22.3 Å². The molecule has 2 rings (SSSR count). The predicted molar refractivity (Wildman–Crippen MR) is 66.9 cm³/mol. The summed E-state index contributed by atoms with van der Waals surface area (Å²) < 4.78 is 5.38. The minimum atomic E-state index is -0.160. The van der Waals surface area contributed by atoms with E-state index >= 15 is 0 Å². The molecule has 1 heterocycles. The quantitative estimate of drug-likeness (QED) is 0.633. The molecule has 0 bridgehead atoms. The van der Waals surface area contributed by atoms with Gasteiger partial charge in [-0.25, -0.2) is 0 Å². The van der Waals surface area contributed by atoms with E-state index < -0.39 is 0 Å². The highest BCUT2D eigenvalue weighted by Crippen LogP contribution is 2.26. The predicted octanol–water partition coefficient (Wildman–Crippen LogP) is 3.62. The minimum absolute atomic E-state index is 0.0279. The van der Waals surface area contributed by atoms with Crippen molar-refractivity contribution in [1.29, 1.82) is 0 Å². The number of aliphatic hydroxyl groups excluding tert-OH is 1. The third-order valence-electron chi connectivity index (χ3n) is 2.77. The van der Waals surface area contributed by atoms with Crippen LogP contribution in [0.25, 0.3) is 16.5 Å². The molecular formula is C14H14O3. The lowest BCUT2D eigenvalue weighted by atomic mass is 10.00. The number of Topliss-reactive ketones (excluding diaryl/α,β-unsaturated/α-hetero) is 1. The second-order valence-electron chi connectivity index (χ2n) is 4.15. The van der Waals surface area contributed by atoms with Gasteiger partial charge >= 0.3 is 0 Å². The van der Waals surface area contributed by atoms with Gasteiger partial charge < -0.3 is 9.52 Å². The molecule has 0 amide bonds. The molecule has 0 radical (unpaired) electrons. The Hall–Kier alpha value is -2.03. The largest absolute Gasteiger partial charge is 0.512 e. The zero-order chi connectivity index (χ0) is 12.6. The Morgan fingerprint density at radius 1 is 1.29 bits per heavy atom. The molecule has 2 aromatic rings. The van der Waals surface area contributed by atoms with E-state index in [1.165, 1.54) is 13.8 Å². The van der Waals surface area contributed by atoms with Gasteiger partial charge in [-0.3, -0.25) is 4.79 Å². The Kier molecular flexibility index (Phi) is 2.76. The normalized spacial score (nSPS) is 12.6. The fourth-order valence-electron chi connectivity index (χ4n) is 1.98. The van der Waals surface area contributed by atoms with Gasteiger partial charge in [0.05, 0.1) is 11.8 Å². The number of rotatable bonds is 2. The lowest BCUT2D eigenvalue weighted by Gasteiger charge is -2.05. The van der Waals surface area contributed by atoms with Gasteiger partial charge in [-0.05, 0) is 38.0 Å². The van der Waals surface area contributed by atoms with Gasteiger partial charge in [0.15, 0.2) is 5.78 Å². The standard InChI is InChI=1S/C14H14O3/c1-8-7-17-13-6-11(4-5-12(8)13)14(9(2)15)10(3)16/h4-7,15H,1-3H3/b14-9+. The van der Waals surface area contributed by atoms with Crippen LogP contribution in [0, 0.1) is 6.92 Å². The van der Waals surface area contributed by atoms with Crippen LogP contribution < -0.4 is 0 Å². The van der Waals surface area contributed by atoms with Crippen LogP contribution in [-0.2, 0) is 4.79 Å². The second kappa shape index (κ2) is 4.09. The van der Waals surface area contributed by atoms with E-state index in [1.54, 1.807) is 12.3 Å². The zero-order valence-corrected chi connectivity index (χ0v) is 10.1. The van der Waals surface area contributed by atoms with Gasteiger partial charge in [0.2, 0.25) is 0 Å². The van der Waals surface area contributed by atoms with Crippen molar-refractivity contribution < 1.29 is 14.3 Å². The van der Waals surface area contributed by atoms with Crippen LogP contribution in [0.1, 0.15) is 25.0 Å². The first-order valence-electron chi connectivity index (χ1n) is 5.39. The first-order valence-corrected chi connectivity index (χ1v) is 5.39. The maximum absolute atomic E-state index is 11.5. The number of aryl methyl sites for hydroxylation is 1. The average Bonchev–Trinajstić information content (AvgIpc) is 2.59. The van der Waals surface area contributed by atoms with Crippen molar-refractivity contribution in [3.8, 4) is 0 Å². The van der Waals surface area contributed by atoms with Gasteiger partial charge in [-0.2, -0.15) is 0 Å². The van der Waals surface area contributed by atoms with E-state index in [4.69, 9.17) is 4.42 Å². The topological polar surface area (TPSA) is 50.4 Å². The number of carbonyl (C=O) groups excluding carboxylic acids is 1. The summed E-state index contributed by atoms with van der Waals surface area (Å²) in [5.74, 6) is -0.132. The molecule has 17 heavy (non-hydrogen) atoms. The number of hydrogen-bond acceptors (Lipinski definition) is 3. The first kappa shape index (κ1) is 11.5. The van der Waals surface area contributed by atoms with E-state index in [-0.39, 0.29) is 11.5 Å². The van der Waals surface area contributed by atoms with Crippen molar-refractivity contribution in [3.05, 3.63) is 41.3 Å². The molecule has 0 atom stereocenters. The van der Waals surface area contributed by atoms with E-state index in [0.29, 0.717) is 11.1 Å². The molecule has 0 aliphatic carbocycles. The third kappa shape index (κ3) is 1.96. The Bertz CT molecular complexity index is 613. The van der Waals surface area contributed by atoms with Crippen LogP contribution in [-0.4, -0.2) is 10.9 Å². The van der Waals surface area contributed by atoms with Crippen LogP contribution in [0.3, 0.4) is 0 Å². The number of fused-ring (bicyclic) bond motifs is 1. The Labute approximate surface area is 99.4 Å². The number of allylic oxidation sites excluding steroid dienone is 2. The second-order valence-corrected chi connectivity index (χ2v) is 4.15. The number of benzene rings is 1. The van der Waals surface area contributed by atoms with E-state index in [0.717, 1.165) is 16.5 Å². The number of carbonyl (C=O) groups is 1. The summed E-state index contributed by atoms with van der Waals surface area (Å²) in [5.41, 5.74) is 2.79. The minimum Gasteiger partial charge on any atom is -0.512 e. The Morgan fingerprint density at radius 3 is 2.59 bits per heavy atom. The molecule has 0 saturated carbocycles. The molecular weight excluding hydrogens is 216 g/mol. The van der Waals surface area contributed by atoms with Crippen molar-refractivity contribution in [3.63, 3.8) is 0 Å². The Morgan fingerprint density at radius 2 is 2.00 bits per heavy atom. The summed E-state index contributed by atoms with van der Waals surface area (Å²) in [6, 6.07) is 5.50. The highest BCUT2D eigenvalue weighted by atomic mass is 16.3. The third-order valence-corrected chi connectivity index (χ3v) is 2.77. The lowest BCUT2D eigenvalue weighted by molar-refractivity contribution is -0.111. The van der Waals surface area contributed by atoms with Crippen LogP contribution in [0.15, 0.2) is 34.6 Å². The van der Waals surface area contributed by atoms with Crippen molar-refractivity contribution in [1.82, 2.24) is 0 Å². The van der Waals surface area contributed by atoms with Crippen LogP contribution in [0.4, 0.5) is 0 Å². The number of ketones is 1. The summed E-state index contributed by atoms with van der Waals surface area (Å²) >= 11 is 0. The maximum atomic E-state index is 11.5. The molecule has 88 valence electrons. The lowest BCUT2D eigenvalue weighted by Crippen LogP contribution is -1.99. The van der Waals surface area contributed by atoms with Crippen molar-refractivity contribution in [2.45, 2.75) is 20.8 Å². The van der Waals surface area contributed by atoms with Gasteiger partial charge in [-0.15, -0.1) is 0 Å². The number of aliphatic hydroxyl groups is 1. The highest BCUT2D eigenvalue weighted by Gasteiger charge is 2.13. The van der Waals surface area contributed by atoms with Gasteiger partial charge in [0, 0.05) is 5.39 Å². The summed E-state index contributed by atoms with van der Waals surface area (Å²) in [4.78, 5) is 11.5. The van der Waals surface area contributed by atoms with E-state index in [1.807, 2.05) is 19.1 Å². The van der Waals surface area contributed by atoms with Gasteiger partial charge in [-0.1, -0.05) is 12.1 Å². The summed E-state index contributed by atoms with van der Waals surface area (Å²) in [6.45, 7) is 4.91. The number of furan rings is 1. The van der Waals surface area contributed by atoms with Gasteiger partial charge in [0.1, 0.15) is 11.3 Å². The van der Waals surface area contributed by atoms with E-state index in [2.05, 4.69) is 0 Å². The van der Waals surface area contributed by atoms with Crippen LogP contribution in [0.5, 0.6) is 0 Å². The molecule has 0 unspecified atom stereocenters. The van der Waals surface area contributed by atoms with Crippen molar-refractivity contribution in [2.75, 3.05) is 0 Å². The molecule has 0 aliphatic rings. The maximum Gasteiger partial charge on any atom is 0.163 e. The summed E-state index contributed by atoms with van der Waals surface area (Å²) in [5, 5.41) is 10.6. The fourth-order valence-corrected chi connectivity index (χ4v) is 1.98. The van der Waals surface area contributed by atoms with Gasteiger partial charge in [0.25, 0.3) is 0 Å². The first-order chi connectivity index (χ1) is 8.00. The van der Waals surface area contributed by atoms with Crippen LogP contribution in [0.2, 0.25) is 0 Å². The molecule has 0 saturated heterocycles. The molecule has 1 N–H and O–H groups in total. The molecule has 3 nitrogen and oxygen atoms in total. The van der Waals surface area contributed by atoms with E-state index in [9.17, 15) is 9.90 Å². The summed E-state index contributed by atoms with van der Waals surface area (Å²) in [7, 11) is 0. The Balaban J connectivity index is 2.64. The molecule has 1 aromatic carbocycles. The highest BCUT2D eigenvalue weighted by molar-refractivity contribution is 6.20. The SMILES string of the molecule is CC(=O)/C(=C(/C)O)c1ccc2c(C)coc2c1. The summed E-state index contributed by atoms with van der Waals surface area (Å²) in [6.07, 6.45) is 1.68. The molecule has 0 fully saturated rings. The average molecular weight is 230 g/mol. The molecule has 3 heteroatoms. The van der Waals surface area contributed by atoms with Crippen molar-refractivity contribution in [2.24, 2.45) is 0 Å². The van der Waals surface area contributed by atoms with Crippen LogP contribution >= 0.6 is 0 Å². The molecule has 1 aromatic heterocycles. The monoisotopic (exact) mass is 230 g/mol. The smallest absolute Gasteiger partial charge is 0.163 e. The number of hydrogen-bond donors (Lipinski definition) is 1. The zero-order valence-electron chi connectivity index (χ0n) is 10.1. The molecule has 0 aliphatic heterocycles. The molecule has 0 spiro atoms.